The number of alkyl halides is 1. The van der Waals surface area contributed by atoms with Crippen molar-refractivity contribution in [2.24, 2.45) is 0 Å². The molecule has 0 aliphatic rings. The van der Waals surface area contributed by atoms with Crippen LogP contribution >= 0.6 is 11.6 Å². The maximum Gasteiger partial charge on any atom is 0.325 e. The van der Waals surface area contributed by atoms with Crippen LogP contribution in [0.2, 0.25) is 0 Å². The first-order valence-electron chi connectivity index (χ1n) is 5.00. The number of pyridine rings is 1. The fourth-order valence-electron chi connectivity index (χ4n) is 1.22. The van der Waals surface area contributed by atoms with Gasteiger partial charge < -0.3 is 9.84 Å². The van der Waals surface area contributed by atoms with Gasteiger partial charge >= 0.3 is 5.97 Å². The highest BCUT2D eigenvalue weighted by atomic mass is 35.5. The second-order valence-electron chi connectivity index (χ2n) is 3.37. The van der Waals surface area contributed by atoms with E-state index < -0.39 is 11.3 Å². The van der Waals surface area contributed by atoms with Crippen LogP contribution in [0.25, 0.3) is 0 Å². The molecule has 1 aromatic rings. The monoisotopic (exact) mass is 243 g/mol. The molecule has 4 nitrogen and oxygen atoms in total. The maximum absolute atomic E-state index is 10.5. The molecular weight excluding hydrogens is 230 g/mol. The minimum Gasteiger partial charge on any atom is -0.490 e. The molecule has 1 heterocycles. The zero-order valence-electron chi connectivity index (χ0n) is 9.24. The Morgan fingerprint density at radius 1 is 1.62 bits per heavy atom. The van der Waals surface area contributed by atoms with Gasteiger partial charge in [0.25, 0.3) is 0 Å². The Morgan fingerprint density at radius 3 is 2.88 bits per heavy atom. The van der Waals surface area contributed by atoms with Crippen molar-refractivity contribution >= 4 is 17.6 Å². The fourth-order valence-corrected chi connectivity index (χ4v) is 1.28. The van der Waals surface area contributed by atoms with Crippen LogP contribution in [0, 0.1) is 6.92 Å². The molecule has 0 saturated carbocycles. The van der Waals surface area contributed by atoms with Gasteiger partial charge in [-0.25, -0.2) is 0 Å². The molecule has 0 aliphatic heterocycles. The fraction of sp³-hybridized carbons (Fsp3) is 0.455. The molecule has 0 spiro atoms. The number of aromatic nitrogens is 1. The van der Waals surface area contributed by atoms with Crippen molar-refractivity contribution in [3.05, 3.63) is 23.5 Å². The van der Waals surface area contributed by atoms with Gasteiger partial charge in [-0.05, 0) is 25.5 Å². The number of carboxylic acid groups (broad SMARTS) is 1. The SMILES string of the molecule is CCc1nc(C)ccc1OCC(Cl)C(=O)O. The molecule has 1 aromatic heterocycles. The predicted molar refractivity (Wildman–Crippen MR) is 61.1 cm³/mol. The van der Waals surface area contributed by atoms with Gasteiger partial charge in [-0.2, -0.15) is 0 Å². The number of rotatable bonds is 5. The number of ether oxygens (including phenoxy) is 1. The van der Waals surface area contributed by atoms with Crippen molar-refractivity contribution in [1.82, 2.24) is 4.98 Å². The summed E-state index contributed by atoms with van der Waals surface area (Å²) in [5.41, 5.74) is 1.72. The Balaban J connectivity index is 2.70. The third-order valence-electron chi connectivity index (χ3n) is 2.06. The zero-order chi connectivity index (χ0) is 12.1. The smallest absolute Gasteiger partial charge is 0.325 e. The van der Waals surface area contributed by atoms with Gasteiger partial charge in [-0.3, -0.25) is 9.78 Å². The molecule has 0 aromatic carbocycles. The van der Waals surface area contributed by atoms with E-state index in [0.29, 0.717) is 5.75 Å². The summed E-state index contributed by atoms with van der Waals surface area (Å²) in [5.74, 6) is -0.486. The number of hydrogen-bond acceptors (Lipinski definition) is 3. The summed E-state index contributed by atoms with van der Waals surface area (Å²) in [6.07, 6.45) is 0.733. The van der Waals surface area contributed by atoms with E-state index in [-0.39, 0.29) is 6.61 Å². The standard InChI is InChI=1S/C11H14ClNO3/c1-3-9-10(5-4-7(2)13-9)16-6-8(12)11(14)15/h4-5,8H,3,6H2,1-2H3,(H,14,15). The van der Waals surface area contributed by atoms with E-state index in [1.54, 1.807) is 6.07 Å². The first kappa shape index (κ1) is 12.8. The number of hydrogen-bond donors (Lipinski definition) is 1. The highest BCUT2D eigenvalue weighted by Crippen LogP contribution is 2.18. The highest BCUT2D eigenvalue weighted by molar-refractivity contribution is 6.29. The molecule has 0 fully saturated rings. The summed E-state index contributed by atoms with van der Waals surface area (Å²) in [6, 6.07) is 3.60. The van der Waals surface area contributed by atoms with E-state index in [9.17, 15) is 4.79 Å². The molecule has 0 aliphatic carbocycles. The number of aryl methyl sites for hydroxylation is 2. The average Bonchev–Trinajstić information content (AvgIpc) is 2.26. The molecule has 0 radical (unpaired) electrons. The molecule has 1 unspecified atom stereocenters. The van der Waals surface area contributed by atoms with E-state index >= 15 is 0 Å². The zero-order valence-corrected chi connectivity index (χ0v) is 9.99. The lowest BCUT2D eigenvalue weighted by atomic mass is 10.2. The quantitative estimate of drug-likeness (QED) is 0.804. The molecule has 5 heteroatoms. The van der Waals surface area contributed by atoms with Crippen molar-refractivity contribution < 1.29 is 14.6 Å². The molecule has 0 amide bonds. The van der Waals surface area contributed by atoms with E-state index in [0.717, 1.165) is 17.8 Å². The van der Waals surface area contributed by atoms with Crippen molar-refractivity contribution in [3.8, 4) is 5.75 Å². The summed E-state index contributed by atoms with van der Waals surface area (Å²) >= 11 is 5.55. The topological polar surface area (TPSA) is 59.4 Å². The summed E-state index contributed by atoms with van der Waals surface area (Å²) in [7, 11) is 0. The normalized spacial score (nSPS) is 12.2. The summed E-state index contributed by atoms with van der Waals surface area (Å²) in [5, 5.41) is 7.57. The van der Waals surface area contributed by atoms with Crippen molar-refractivity contribution in [2.75, 3.05) is 6.61 Å². The van der Waals surface area contributed by atoms with Gasteiger partial charge in [-0.1, -0.05) is 6.92 Å². The van der Waals surface area contributed by atoms with E-state index in [1.165, 1.54) is 0 Å². The minimum absolute atomic E-state index is 0.0609. The van der Waals surface area contributed by atoms with Crippen molar-refractivity contribution in [3.63, 3.8) is 0 Å². The van der Waals surface area contributed by atoms with E-state index in [2.05, 4.69) is 4.98 Å². The van der Waals surface area contributed by atoms with Crippen molar-refractivity contribution in [2.45, 2.75) is 25.6 Å². The van der Waals surface area contributed by atoms with Gasteiger partial charge in [0.05, 0.1) is 5.69 Å². The maximum atomic E-state index is 10.5. The highest BCUT2D eigenvalue weighted by Gasteiger charge is 2.15. The molecule has 0 bridgehead atoms. The van der Waals surface area contributed by atoms with Gasteiger partial charge in [0, 0.05) is 5.69 Å². The van der Waals surface area contributed by atoms with Crippen LogP contribution < -0.4 is 4.74 Å². The molecular formula is C11H14ClNO3. The lowest BCUT2D eigenvalue weighted by Crippen LogP contribution is -2.22. The number of nitrogens with zero attached hydrogens (tertiary/aromatic N) is 1. The first-order chi connectivity index (χ1) is 7.54. The van der Waals surface area contributed by atoms with Gasteiger partial charge in [0.15, 0.2) is 5.38 Å². The summed E-state index contributed by atoms with van der Waals surface area (Å²) in [4.78, 5) is 14.8. The minimum atomic E-state index is -1.08. The second-order valence-corrected chi connectivity index (χ2v) is 3.89. The number of carboxylic acids is 1. The first-order valence-corrected chi connectivity index (χ1v) is 5.44. The Morgan fingerprint density at radius 2 is 2.31 bits per heavy atom. The summed E-state index contributed by atoms with van der Waals surface area (Å²) < 4.78 is 5.33. The number of carbonyl (C=O) groups is 1. The Hall–Kier alpha value is -1.29. The van der Waals surface area contributed by atoms with Crippen LogP contribution in [0.4, 0.5) is 0 Å². The Labute approximate surface area is 99.2 Å². The number of halogens is 1. The van der Waals surface area contributed by atoms with Gasteiger partial charge in [0.2, 0.25) is 0 Å². The van der Waals surface area contributed by atoms with Crippen LogP contribution in [0.5, 0.6) is 5.75 Å². The molecule has 1 rings (SSSR count). The third-order valence-corrected chi connectivity index (χ3v) is 2.37. The number of aliphatic carboxylic acids is 1. The third kappa shape index (κ3) is 3.38. The van der Waals surface area contributed by atoms with Crippen LogP contribution in [-0.2, 0) is 11.2 Å². The van der Waals surface area contributed by atoms with E-state index in [1.807, 2.05) is 19.9 Å². The second kappa shape index (κ2) is 5.70. The molecule has 1 atom stereocenters. The van der Waals surface area contributed by atoms with Crippen LogP contribution in [-0.4, -0.2) is 28.0 Å². The van der Waals surface area contributed by atoms with Gasteiger partial charge in [-0.15, -0.1) is 11.6 Å². The molecule has 16 heavy (non-hydrogen) atoms. The van der Waals surface area contributed by atoms with Crippen LogP contribution in [0.1, 0.15) is 18.3 Å². The largest absolute Gasteiger partial charge is 0.490 e. The summed E-state index contributed by atoms with van der Waals surface area (Å²) in [6.45, 7) is 3.79. The van der Waals surface area contributed by atoms with Crippen molar-refractivity contribution in [1.29, 1.82) is 0 Å². The molecule has 0 saturated heterocycles. The lowest BCUT2D eigenvalue weighted by molar-refractivity contribution is -0.137. The predicted octanol–water partition coefficient (Wildman–Crippen LogP) is 2.02. The lowest BCUT2D eigenvalue weighted by Gasteiger charge is -2.11. The van der Waals surface area contributed by atoms with Gasteiger partial charge in [0.1, 0.15) is 12.4 Å². The Kier molecular flexibility index (Phi) is 4.55. The van der Waals surface area contributed by atoms with Crippen LogP contribution in [0.3, 0.4) is 0 Å². The average molecular weight is 244 g/mol. The molecule has 88 valence electrons. The van der Waals surface area contributed by atoms with Crippen LogP contribution in [0.15, 0.2) is 12.1 Å². The Bertz CT molecular complexity index is 381. The van der Waals surface area contributed by atoms with E-state index in [4.69, 9.17) is 21.4 Å². The molecule has 1 N–H and O–H groups in total.